The van der Waals surface area contributed by atoms with Crippen molar-refractivity contribution < 1.29 is 9.53 Å². The van der Waals surface area contributed by atoms with Crippen LogP contribution in [0.4, 0.5) is 10.6 Å². The van der Waals surface area contributed by atoms with Crippen LogP contribution in [0.15, 0.2) is 30.7 Å². The average molecular weight is 437 g/mol. The molecule has 1 amide bonds. The number of aryl methyl sites for hydroxylation is 1. The number of hydrogen-bond acceptors (Lipinski definition) is 7. The van der Waals surface area contributed by atoms with E-state index in [0.717, 1.165) is 62.0 Å². The van der Waals surface area contributed by atoms with Crippen molar-refractivity contribution in [2.45, 2.75) is 39.2 Å². The van der Waals surface area contributed by atoms with Crippen molar-refractivity contribution in [2.75, 3.05) is 50.8 Å². The lowest BCUT2D eigenvalue weighted by Crippen LogP contribution is -2.58. The Balaban J connectivity index is 1.18. The fourth-order valence-corrected chi connectivity index (χ4v) is 5.56. The number of hydrogen-bond donors (Lipinski definition) is 0. The number of pyridine rings is 1. The third-order valence-electron chi connectivity index (χ3n) is 7.23. The zero-order valence-corrected chi connectivity index (χ0v) is 19.0. The SMILES string of the molecule is CCOC(=O)N1CC2(CC[C@@H](N3CCN(c4ncccc4-c4cnc(C)cn4)CC3)C2)C1. The average Bonchev–Trinajstić information content (AvgIpc) is 3.25. The van der Waals surface area contributed by atoms with Gasteiger partial charge in [0, 0.05) is 68.7 Å². The van der Waals surface area contributed by atoms with E-state index in [0.29, 0.717) is 18.1 Å². The number of anilines is 1. The van der Waals surface area contributed by atoms with Crippen molar-refractivity contribution in [2.24, 2.45) is 5.41 Å². The number of piperazine rings is 1. The second kappa shape index (κ2) is 8.65. The Morgan fingerprint density at radius 1 is 1.16 bits per heavy atom. The lowest BCUT2D eigenvalue weighted by Gasteiger charge is -2.48. The van der Waals surface area contributed by atoms with E-state index in [1.165, 1.54) is 19.3 Å². The van der Waals surface area contributed by atoms with Gasteiger partial charge in [0.2, 0.25) is 0 Å². The summed E-state index contributed by atoms with van der Waals surface area (Å²) in [6, 6.07) is 4.67. The van der Waals surface area contributed by atoms with Gasteiger partial charge in [0.15, 0.2) is 0 Å². The maximum Gasteiger partial charge on any atom is 0.409 e. The predicted molar refractivity (Wildman–Crippen MR) is 122 cm³/mol. The number of ether oxygens (including phenoxy) is 1. The summed E-state index contributed by atoms with van der Waals surface area (Å²) in [6.07, 6.45) is 8.98. The fourth-order valence-electron chi connectivity index (χ4n) is 5.56. The number of rotatable bonds is 4. The topological polar surface area (TPSA) is 74.7 Å². The Bertz CT molecular complexity index is 951. The maximum atomic E-state index is 11.9. The highest BCUT2D eigenvalue weighted by molar-refractivity contribution is 5.72. The molecular formula is C24H32N6O2. The quantitative estimate of drug-likeness (QED) is 0.729. The monoisotopic (exact) mass is 436 g/mol. The van der Waals surface area contributed by atoms with E-state index < -0.39 is 0 Å². The molecule has 170 valence electrons. The molecule has 0 bridgehead atoms. The molecule has 1 aliphatic carbocycles. The van der Waals surface area contributed by atoms with Crippen molar-refractivity contribution in [1.82, 2.24) is 24.8 Å². The van der Waals surface area contributed by atoms with E-state index in [4.69, 9.17) is 9.72 Å². The highest BCUT2D eigenvalue weighted by Crippen LogP contribution is 2.47. The molecule has 4 heterocycles. The van der Waals surface area contributed by atoms with Gasteiger partial charge < -0.3 is 14.5 Å². The van der Waals surface area contributed by atoms with Crippen molar-refractivity contribution in [3.05, 3.63) is 36.4 Å². The molecule has 0 N–H and O–H groups in total. The van der Waals surface area contributed by atoms with Crippen molar-refractivity contribution in [1.29, 1.82) is 0 Å². The minimum atomic E-state index is -0.153. The lowest BCUT2D eigenvalue weighted by molar-refractivity contribution is -0.00294. The van der Waals surface area contributed by atoms with Gasteiger partial charge in [-0.15, -0.1) is 0 Å². The second-order valence-corrected chi connectivity index (χ2v) is 9.39. The summed E-state index contributed by atoms with van der Waals surface area (Å²) in [6.45, 7) is 9.98. The predicted octanol–water partition coefficient (Wildman–Crippen LogP) is 2.98. The van der Waals surface area contributed by atoms with Crippen LogP contribution in [0.5, 0.6) is 0 Å². The molecule has 2 aromatic heterocycles. The molecule has 1 saturated carbocycles. The largest absolute Gasteiger partial charge is 0.450 e. The van der Waals surface area contributed by atoms with Gasteiger partial charge >= 0.3 is 6.09 Å². The molecular weight excluding hydrogens is 404 g/mol. The number of nitrogens with zero attached hydrogens (tertiary/aromatic N) is 6. The van der Waals surface area contributed by atoms with Crippen LogP contribution in [-0.2, 0) is 4.74 Å². The molecule has 1 spiro atoms. The summed E-state index contributed by atoms with van der Waals surface area (Å²) in [5, 5.41) is 0. The smallest absolute Gasteiger partial charge is 0.409 e. The van der Waals surface area contributed by atoms with Gasteiger partial charge in [0.1, 0.15) is 5.82 Å². The first-order chi connectivity index (χ1) is 15.6. The van der Waals surface area contributed by atoms with Gasteiger partial charge in [-0.3, -0.25) is 14.9 Å². The summed E-state index contributed by atoms with van der Waals surface area (Å²) in [4.78, 5) is 32.5. The zero-order chi connectivity index (χ0) is 22.1. The van der Waals surface area contributed by atoms with Gasteiger partial charge in [0.25, 0.3) is 0 Å². The second-order valence-electron chi connectivity index (χ2n) is 9.39. The molecule has 32 heavy (non-hydrogen) atoms. The highest BCUT2D eigenvalue weighted by atomic mass is 16.6. The molecule has 3 fully saturated rings. The number of amides is 1. The summed E-state index contributed by atoms with van der Waals surface area (Å²) < 4.78 is 5.15. The lowest BCUT2D eigenvalue weighted by atomic mass is 9.78. The van der Waals surface area contributed by atoms with Gasteiger partial charge in [0.05, 0.1) is 24.2 Å². The first-order valence-electron chi connectivity index (χ1n) is 11.7. The van der Waals surface area contributed by atoms with E-state index >= 15 is 0 Å². The van der Waals surface area contributed by atoms with Crippen molar-refractivity contribution in [3.8, 4) is 11.3 Å². The Labute approximate surface area is 189 Å². The summed E-state index contributed by atoms with van der Waals surface area (Å²) in [5.74, 6) is 0.997. The Hall–Kier alpha value is -2.74. The molecule has 5 rings (SSSR count). The Morgan fingerprint density at radius 2 is 1.97 bits per heavy atom. The summed E-state index contributed by atoms with van der Waals surface area (Å²) in [5.41, 5.74) is 3.14. The number of likely N-dealkylation sites (tertiary alicyclic amines) is 1. The number of carbonyl (C=O) groups excluding carboxylic acids is 1. The number of aromatic nitrogens is 3. The minimum absolute atomic E-state index is 0.153. The third kappa shape index (κ3) is 4.03. The van der Waals surface area contributed by atoms with Gasteiger partial charge in [-0.2, -0.15) is 0 Å². The van der Waals surface area contributed by atoms with Crippen molar-refractivity contribution >= 4 is 11.9 Å². The van der Waals surface area contributed by atoms with Gasteiger partial charge in [-0.05, 0) is 45.2 Å². The normalized spacial score (nSPS) is 22.8. The van der Waals surface area contributed by atoms with Gasteiger partial charge in [-0.1, -0.05) is 0 Å². The van der Waals surface area contributed by atoms with Gasteiger partial charge in [-0.25, -0.2) is 9.78 Å². The standard InChI is InChI=1S/C24H32N6O2/c1-3-32-23(31)30-16-24(17-30)7-6-19(13-24)28-9-11-29(12-10-28)22-20(5-4-8-25-22)21-15-26-18(2)14-27-21/h4-5,8,14-15,19H,3,6-7,9-13,16-17H2,1-2H3/t19-/m1/s1. The molecule has 1 atom stereocenters. The first kappa shape index (κ1) is 21.1. The van der Waals surface area contributed by atoms with E-state index in [2.05, 4.69) is 25.8 Å². The fraction of sp³-hybridized carbons (Fsp3) is 0.583. The molecule has 2 aliphatic heterocycles. The minimum Gasteiger partial charge on any atom is -0.450 e. The molecule has 0 unspecified atom stereocenters. The zero-order valence-electron chi connectivity index (χ0n) is 19.0. The van der Waals surface area contributed by atoms with Crippen LogP contribution in [-0.4, -0.2) is 82.8 Å². The van der Waals surface area contributed by atoms with Crippen LogP contribution in [0.3, 0.4) is 0 Å². The van der Waals surface area contributed by atoms with Crippen LogP contribution in [0.25, 0.3) is 11.3 Å². The molecule has 8 heteroatoms. The van der Waals surface area contributed by atoms with Crippen LogP contribution in [0.1, 0.15) is 31.9 Å². The Kier molecular flexibility index (Phi) is 5.71. The highest BCUT2D eigenvalue weighted by Gasteiger charge is 2.51. The molecule has 0 radical (unpaired) electrons. The number of carbonyl (C=O) groups is 1. The van der Waals surface area contributed by atoms with Crippen LogP contribution >= 0.6 is 0 Å². The molecule has 2 aromatic rings. The maximum absolute atomic E-state index is 11.9. The van der Waals surface area contributed by atoms with Crippen molar-refractivity contribution in [3.63, 3.8) is 0 Å². The molecule has 3 aliphatic rings. The summed E-state index contributed by atoms with van der Waals surface area (Å²) >= 11 is 0. The van der Waals surface area contributed by atoms with E-state index in [1.807, 2.05) is 43.4 Å². The molecule has 2 saturated heterocycles. The third-order valence-corrected chi connectivity index (χ3v) is 7.23. The first-order valence-corrected chi connectivity index (χ1v) is 11.7. The summed E-state index contributed by atoms with van der Waals surface area (Å²) in [7, 11) is 0. The van der Waals surface area contributed by atoms with Crippen LogP contribution in [0.2, 0.25) is 0 Å². The van der Waals surface area contributed by atoms with E-state index in [9.17, 15) is 4.79 Å². The van der Waals surface area contributed by atoms with Crippen LogP contribution < -0.4 is 4.90 Å². The Morgan fingerprint density at radius 3 is 2.69 bits per heavy atom. The van der Waals surface area contributed by atoms with E-state index in [-0.39, 0.29) is 6.09 Å². The molecule has 0 aromatic carbocycles. The molecule has 8 nitrogen and oxygen atoms in total. The van der Waals surface area contributed by atoms with Crippen LogP contribution in [0, 0.1) is 12.3 Å². The van der Waals surface area contributed by atoms with E-state index in [1.54, 1.807) is 0 Å².